The van der Waals surface area contributed by atoms with Gasteiger partial charge in [0.1, 0.15) is 6.04 Å². The normalized spacial score (nSPS) is 20.3. The lowest BCUT2D eigenvalue weighted by atomic mass is 9.73. The minimum absolute atomic E-state index is 0.127. The highest BCUT2D eigenvalue weighted by atomic mass is 16.4. The van der Waals surface area contributed by atoms with E-state index in [2.05, 4.69) is 25.8 Å². The standard InChI is InChI=1S/C29H34N6O4/c36-26-25(17-21-5-2-1-3-6-21)31-28(39)29(18-24-20-35(33-32-24)14-4-13-30-26)11-15-34(16-12-29)19-22-7-9-23(10-8-22)27(37)38/h1-3,5-10,20,25H,4,11-19H2,(H,30,36)(H,31,39)(H,37,38)/t25-/m0/s1. The Hall–Kier alpha value is -4.05. The van der Waals surface area contributed by atoms with Crippen LogP contribution in [0.15, 0.2) is 60.8 Å². The third-order valence-corrected chi connectivity index (χ3v) is 7.78. The molecule has 1 spiro atoms. The second kappa shape index (κ2) is 11.8. The van der Waals surface area contributed by atoms with Crippen molar-refractivity contribution in [2.45, 2.75) is 51.2 Å². The highest BCUT2D eigenvalue weighted by Crippen LogP contribution is 2.36. The third-order valence-electron chi connectivity index (χ3n) is 7.78. The number of aromatic nitrogens is 3. The first-order chi connectivity index (χ1) is 18.9. The molecule has 2 aromatic carbocycles. The minimum atomic E-state index is -0.943. The Morgan fingerprint density at radius 1 is 1.00 bits per heavy atom. The van der Waals surface area contributed by atoms with E-state index in [1.165, 1.54) is 0 Å². The number of fused-ring (bicyclic) bond motifs is 2. The number of carbonyl (C=O) groups excluding carboxylic acids is 2. The lowest BCUT2D eigenvalue weighted by molar-refractivity contribution is -0.137. The van der Waals surface area contributed by atoms with Crippen molar-refractivity contribution in [3.63, 3.8) is 0 Å². The van der Waals surface area contributed by atoms with Crippen molar-refractivity contribution in [2.75, 3.05) is 19.6 Å². The van der Waals surface area contributed by atoms with E-state index >= 15 is 0 Å². The third kappa shape index (κ3) is 6.51. The first-order valence-electron chi connectivity index (χ1n) is 13.5. The number of carbonyl (C=O) groups is 3. The van der Waals surface area contributed by atoms with E-state index in [4.69, 9.17) is 5.11 Å². The van der Waals surface area contributed by atoms with Crippen molar-refractivity contribution in [3.8, 4) is 0 Å². The lowest BCUT2D eigenvalue weighted by Crippen LogP contribution is -2.56. The molecular weight excluding hydrogens is 496 g/mol. The molecule has 3 aromatic rings. The molecule has 2 bridgehead atoms. The number of benzene rings is 2. The fourth-order valence-corrected chi connectivity index (χ4v) is 5.46. The van der Waals surface area contributed by atoms with Crippen LogP contribution in [0.5, 0.6) is 0 Å². The van der Waals surface area contributed by atoms with Gasteiger partial charge < -0.3 is 15.7 Å². The Balaban J connectivity index is 1.34. The second-order valence-corrected chi connectivity index (χ2v) is 10.6. The summed E-state index contributed by atoms with van der Waals surface area (Å²) in [4.78, 5) is 40.6. The van der Waals surface area contributed by atoms with Crippen LogP contribution in [-0.4, -0.2) is 68.5 Å². The van der Waals surface area contributed by atoms with Crippen LogP contribution < -0.4 is 10.6 Å². The van der Waals surface area contributed by atoms with Gasteiger partial charge in [0.2, 0.25) is 11.8 Å². The van der Waals surface area contributed by atoms with Gasteiger partial charge in [-0.2, -0.15) is 0 Å². The van der Waals surface area contributed by atoms with Gasteiger partial charge in [-0.15, -0.1) is 5.10 Å². The number of rotatable bonds is 5. The zero-order chi connectivity index (χ0) is 27.2. The van der Waals surface area contributed by atoms with E-state index in [9.17, 15) is 14.4 Å². The van der Waals surface area contributed by atoms with Crippen LogP contribution in [0.3, 0.4) is 0 Å². The molecule has 204 valence electrons. The number of aryl methyl sites for hydroxylation is 1. The van der Waals surface area contributed by atoms with Crippen LogP contribution >= 0.6 is 0 Å². The summed E-state index contributed by atoms with van der Waals surface area (Å²) in [7, 11) is 0. The summed E-state index contributed by atoms with van der Waals surface area (Å²) in [6, 6.07) is 16.0. The smallest absolute Gasteiger partial charge is 0.335 e. The highest BCUT2D eigenvalue weighted by Gasteiger charge is 2.43. The van der Waals surface area contributed by atoms with Gasteiger partial charge in [0, 0.05) is 38.7 Å². The fraction of sp³-hybridized carbons (Fsp3) is 0.414. The number of nitrogens with one attached hydrogen (secondary N) is 2. The predicted octanol–water partition coefficient (Wildman–Crippen LogP) is 2.05. The predicted molar refractivity (Wildman–Crippen MR) is 144 cm³/mol. The maximum absolute atomic E-state index is 14.0. The summed E-state index contributed by atoms with van der Waals surface area (Å²) in [5, 5.41) is 23.9. The molecule has 1 aromatic heterocycles. The number of carboxylic acid groups (broad SMARTS) is 1. The average molecular weight is 531 g/mol. The van der Waals surface area contributed by atoms with Gasteiger partial charge in [0.15, 0.2) is 0 Å². The van der Waals surface area contributed by atoms with E-state index in [1.54, 1.807) is 16.8 Å². The van der Waals surface area contributed by atoms with Gasteiger partial charge >= 0.3 is 5.97 Å². The zero-order valence-electron chi connectivity index (χ0n) is 21.9. The Morgan fingerprint density at radius 3 is 2.46 bits per heavy atom. The van der Waals surface area contributed by atoms with Gasteiger partial charge in [-0.05, 0) is 55.6 Å². The molecule has 2 aliphatic rings. The Kier molecular flexibility index (Phi) is 8.02. The number of nitrogens with zero attached hydrogens (tertiary/aromatic N) is 4. The molecule has 5 rings (SSSR count). The van der Waals surface area contributed by atoms with Crippen molar-refractivity contribution in [1.29, 1.82) is 0 Å². The summed E-state index contributed by atoms with van der Waals surface area (Å²) in [6.07, 6.45) is 4.72. The fourth-order valence-electron chi connectivity index (χ4n) is 5.46. The van der Waals surface area contributed by atoms with Gasteiger partial charge in [0.25, 0.3) is 0 Å². The molecule has 10 heteroatoms. The maximum Gasteiger partial charge on any atom is 0.335 e. The number of likely N-dealkylation sites (tertiary alicyclic amines) is 1. The number of amides is 2. The van der Waals surface area contributed by atoms with E-state index < -0.39 is 17.4 Å². The molecule has 0 unspecified atom stereocenters. The molecule has 1 fully saturated rings. The Labute approximate surface area is 227 Å². The van der Waals surface area contributed by atoms with E-state index in [-0.39, 0.29) is 17.4 Å². The van der Waals surface area contributed by atoms with Crippen LogP contribution in [0.4, 0.5) is 0 Å². The number of aromatic carboxylic acids is 1. The molecule has 0 radical (unpaired) electrons. The SMILES string of the molecule is O=C(O)c1ccc(CN2CCC3(CC2)Cc2cn(nn2)CCCNC(=O)[C@H](Cc2ccccc2)NC3=O)cc1. The van der Waals surface area contributed by atoms with Crippen molar-refractivity contribution >= 4 is 17.8 Å². The molecular formula is C29H34N6O4. The molecule has 1 saturated heterocycles. The van der Waals surface area contributed by atoms with E-state index in [0.717, 1.165) is 16.8 Å². The first kappa shape index (κ1) is 26.6. The van der Waals surface area contributed by atoms with Gasteiger partial charge in [-0.3, -0.25) is 19.2 Å². The molecule has 1 atom stereocenters. The molecule has 0 saturated carbocycles. The van der Waals surface area contributed by atoms with Crippen molar-refractivity contribution < 1.29 is 19.5 Å². The first-order valence-corrected chi connectivity index (χ1v) is 13.5. The molecule has 2 amide bonds. The topological polar surface area (TPSA) is 129 Å². The number of hydrogen-bond acceptors (Lipinski definition) is 6. The molecule has 3 N–H and O–H groups in total. The Bertz CT molecular complexity index is 1300. The largest absolute Gasteiger partial charge is 0.478 e. The summed E-state index contributed by atoms with van der Waals surface area (Å²) in [6.45, 7) is 3.19. The molecule has 0 aliphatic carbocycles. The second-order valence-electron chi connectivity index (χ2n) is 10.6. The number of piperidine rings is 1. The monoisotopic (exact) mass is 530 g/mol. The highest BCUT2D eigenvalue weighted by molar-refractivity contribution is 5.90. The number of carboxylic acids is 1. The van der Waals surface area contributed by atoms with Gasteiger partial charge in [-0.25, -0.2) is 4.79 Å². The van der Waals surface area contributed by atoms with Crippen LogP contribution in [0, 0.1) is 5.41 Å². The summed E-state index contributed by atoms with van der Waals surface area (Å²) < 4.78 is 1.78. The Morgan fingerprint density at radius 2 is 1.74 bits per heavy atom. The average Bonchev–Trinajstić information content (AvgIpc) is 3.39. The van der Waals surface area contributed by atoms with E-state index in [0.29, 0.717) is 64.8 Å². The van der Waals surface area contributed by atoms with Crippen molar-refractivity contribution in [2.24, 2.45) is 5.41 Å². The van der Waals surface area contributed by atoms with E-state index in [1.807, 2.05) is 48.7 Å². The summed E-state index contributed by atoms with van der Waals surface area (Å²) >= 11 is 0. The molecule has 10 nitrogen and oxygen atoms in total. The zero-order valence-corrected chi connectivity index (χ0v) is 21.9. The van der Waals surface area contributed by atoms with Crippen LogP contribution in [0.1, 0.15) is 46.4 Å². The molecule has 39 heavy (non-hydrogen) atoms. The summed E-state index contributed by atoms with van der Waals surface area (Å²) in [5.41, 5.74) is 2.34. The van der Waals surface area contributed by atoms with Gasteiger partial charge in [0.05, 0.1) is 16.7 Å². The van der Waals surface area contributed by atoms with Gasteiger partial charge in [-0.1, -0.05) is 47.7 Å². The number of hydrogen-bond donors (Lipinski definition) is 3. The van der Waals surface area contributed by atoms with Crippen LogP contribution in [0.25, 0.3) is 0 Å². The lowest BCUT2D eigenvalue weighted by Gasteiger charge is -2.41. The van der Waals surface area contributed by atoms with Crippen molar-refractivity contribution in [1.82, 2.24) is 30.5 Å². The molecule has 3 heterocycles. The van der Waals surface area contributed by atoms with Crippen LogP contribution in [-0.2, 0) is 35.5 Å². The van der Waals surface area contributed by atoms with Crippen molar-refractivity contribution in [3.05, 3.63) is 83.2 Å². The minimum Gasteiger partial charge on any atom is -0.478 e. The molecule has 2 aliphatic heterocycles. The van der Waals surface area contributed by atoms with Crippen LogP contribution in [0.2, 0.25) is 0 Å². The summed E-state index contributed by atoms with van der Waals surface area (Å²) in [5.74, 6) is -1.25. The quantitative estimate of drug-likeness (QED) is 0.460. The maximum atomic E-state index is 14.0.